The van der Waals surface area contributed by atoms with E-state index in [1.54, 1.807) is 0 Å². The highest BCUT2D eigenvalue weighted by atomic mass is 16.4. The fraction of sp³-hybridized carbons (Fsp3) is 0.407. The van der Waals surface area contributed by atoms with Crippen LogP contribution < -0.4 is 11.1 Å². The largest absolute Gasteiger partial charge is 0.481 e. The molecule has 2 aliphatic rings. The summed E-state index contributed by atoms with van der Waals surface area (Å²) < 4.78 is 0. The molecule has 3 aromatic rings. The number of nitrogens with zero attached hydrogens (tertiary/aromatic N) is 2. The van der Waals surface area contributed by atoms with Crippen LogP contribution in [-0.2, 0) is 21.4 Å². The number of aromatic nitrogens is 2. The monoisotopic (exact) mass is 488 g/mol. The van der Waals surface area contributed by atoms with Crippen molar-refractivity contribution in [3.63, 3.8) is 0 Å². The van der Waals surface area contributed by atoms with E-state index in [2.05, 4.69) is 16.4 Å². The maximum atomic E-state index is 13.6. The Morgan fingerprint density at radius 3 is 2.69 bits per heavy atom. The highest BCUT2D eigenvalue weighted by Gasteiger charge is 2.54. The minimum Gasteiger partial charge on any atom is -0.481 e. The Bertz CT molecular complexity index is 1290. The van der Waals surface area contributed by atoms with Gasteiger partial charge in [-0.3, -0.25) is 15.0 Å². The number of nitrogens with one attached hydrogen (secondary N) is 3. The zero-order valence-electron chi connectivity index (χ0n) is 20.2. The number of H-pyrrole nitrogens is 1. The van der Waals surface area contributed by atoms with E-state index in [9.17, 15) is 9.59 Å². The van der Waals surface area contributed by atoms with Crippen LogP contribution in [0.1, 0.15) is 55.5 Å². The number of anilines is 1. The minimum atomic E-state index is -0.808. The molecular weight excluding hydrogens is 456 g/mol. The quantitative estimate of drug-likeness (QED) is 0.218. The zero-order chi connectivity index (χ0) is 25.3. The van der Waals surface area contributed by atoms with Gasteiger partial charge in [0.2, 0.25) is 5.91 Å². The first kappa shape index (κ1) is 23.8. The van der Waals surface area contributed by atoms with Gasteiger partial charge in [-0.1, -0.05) is 6.07 Å². The average molecular weight is 489 g/mol. The average Bonchev–Trinajstić information content (AvgIpc) is 3.36. The lowest BCUT2D eigenvalue weighted by Gasteiger charge is -2.29. The highest BCUT2D eigenvalue weighted by molar-refractivity contribution is 5.95. The summed E-state index contributed by atoms with van der Waals surface area (Å²) in [6.45, 7) is 1.41. The third-order valence-electron chi connectivity index (χ3n) is 7.46. The molecule has 1 amide bonds. The molecule has 2 aromatic carbocycles. The van der Waals surface area contributed by atoms with Crippen LogP contribution in [0.5, 0.6) is 0 Å². The minimum absolute atomic E-state index is 0.0275. The van der Waals surface area contributed by atoms with Gasteiger partial charge in [-0.05, 0) is 74.1 Å². The second kappa shape index (κ2) is 9.64. The molecule has 2 heterocycles. The summed E-state index contributed by atoms with van der Waals surface area (Å²) in [5, 5.41) is 19.9. The molecular formula is C27H32N6O3. The molecule has 1 aliphatic heterocycles. The predicted octanol–water partition coefficient (Wildman–Crippen LogP) is 3.39. The summed E-state index contributed by atoms with van der Waals surface area (Å²) in [5.41, 5.74) is 9.49. The van der Waals surface area contributed by atoms with E-state index in [1.165, 1.54) is 0 Å². The molecule has 9 nitrogen and oxygen atoms in total. The Kier molecular flexibility index (Phi) is 6.38. The second-order valence-electron chi connectivity index (χ2n) is 9.89. The van der Waals surface area contributed by atoms with Crippen molar-refractivity contribution in [2.24, 2.45) is 5.73 Å². The van der Waals surface area contributed by atoms with Gasteiger partial charge in [-0.15, -0.1) is 0 Å². The van der Waals surface area contributed by atoms with E-state index in [0.717, 1.165) is 53.8 Å². The lowest BCUT2D eigenvalue weighted by Crippen LogP contribution is -2.42. The lowest BCUT2D eigenvalue weighted by molar-refractivity contribution is -0.139. The molecule has 5 rings (SSSR count). The van der Waals surface area contributed by atoms with Gasteiger partial charge in [0, 0.05) is 43.2 Å². The van der Waals surface area contributed by atoms with Crippen molar-refractivity contribution in [1.82, 2.24) is 14.9 Å². The van der Waals surface area contributed by atoms with Crippen molar-refractivity contribution >= 4 is 34.4 Å². The van der Waals surface area contributed by atoms with Gasteiger partial charge in [-0.2, -0.15) is 0 Å². The van der Waals surface area contributed by atoms with Crippen molar-refractivity contribution in [1.29, 1.82) is 5.41 Å². The number of carbonyl (C=O) groups excluding carboxylic acids is 1. The predicted molar refractivity (Wildman–Crippen MR) is 138 cm³/mol. The number of carboxylic acids is 1. The van der Waals surface area contributed by atoms with Crippen LogP contribution in [0, 0.1) is 5.41 Å². The highest BCUT2D eigenvalue weighted by Crippen LogP contribution is 2.51. The molecule has 9 heteroatoms. The number of nitrogen functional groups attached to an aromatic ring is 1. The van der Waals surface area contributed by atoms with Crippen molar-refractivity contribution in [2.45, 2.75) is 56.4 Å². The number of benzene rings is 2. The number of amides is 1. The Labute approximate surface area is 209 Å². The number of hydrogen-bond donors (Lipinski definition) is 5. The summed E-state index contributed by atoms with van der Waals surface area (Å²) in [7, 11) is 0. The molecule has 0 spiro atoms. The van der Waals surface area contributed by atoms with Crippen LogP contribution in [0.4, 0.5) is 5.69 Å². The number of carboxylic acid groups (broad SMARTS) is 1. The Hall–Kier alpha value is -3.88. The molecule has 1 unspecified atom stereocenters. The smallest absolute Gasteiger partial charge is 0.303 e. The molecule has 1 saturated heterocycles. The summed E-state index contributed by atoms with van der Waals surface area (Å²) in [4.78, 5) is 34.7. The standard InChI is InChI=1S/C27H32N6O3/c28-25(29)17-3-6-19(7-4-17)30-14-11-23-31-21-9-5-18(16-22(21)32-23)27(12-13-27)26(36)33-15-1-2-20(33)8-10-24(34)35/h3-7,9,16,20,30H,1-2,8,10-15H2,(H3,28,29)(H,31,32)(H,34,35). The van der Waals surface area contributed by atoms with Crippen molar-refractivity contribution in [2.75, 3.05) is 18.4 Å². The fourth-order valence-corrected chi connectivity index (χ4v) is 5.29. The molecule has 0 bridgehead atoms. The van der Waals surface area contributed by atoms with Gasteiger partial charge in [0.15, 0.2) is 0 Å². The van der Waals surface area contributed by atoms with Crippen LogP contribution >= 0.6 is 0 Å². The normalized spacial score (nSPS) is 18.3. The molecule has 36 heavy (non-hydrogen) atoms. The number of fused-ring (bicyclic) bond motifs is 1. The van der Waals surface area contributed by atoms with Crippen molar-refractivity contribution in [3.05, 3.63) is 59.4 Å². The first-order chi connectivity index (χ1) is 17.4. The number of aliphatic carboxylic acids is 1. The number of hydrogen-bond acceptors (Lipinski definition) is 5. The lowest BCUT2D eigenvalue weighted by atomic mass is 9.93. The molecule has 0 radical (unpaired) electrons. The maximum absolute atomic E-state index is 13.6. The molecule has 188 valence electrons. The van der Waals surface area contributed by atoms with Gasteiger partial charge in [0.25, 0.3) is 0 Å². The first-order valence-electron chi connectivity index (χ1n) is 12.6. The van der Waals surface area contributed by atoms with E-state index in [0.29, 0.717) is 31.5 Å². The first-order valence-corrected chi connectivity index (χ1v) is 12.6. The summed E-state index contributed by atoms with van der Waals surface area (Å²) in [6.07, 6.45) is 4.80. The molecule has 1 aliphatic carbocycles. The molecule has 1 saturated carbocycles. The molecule has 1 aromatic heterocycles. The molecule has 2 fully saturated rings. The van der Waals surface area contributed by atoms with E-state index in [1.807, 2.05) is 41.3 Å². The van der Waals surface area contributed by atoms with E-state index < -0.39 is 11.4 Å². The number of carbonyl (C=O) groups is 2. The fourth-order valence-electron chi connectivity index (χ4n) is 5.29. The van der Waals surface area contributed by atoms with Crippen LogP contribution in [0.15, 0.2) is 42.5 Å². The number of rotatable bonds is 10. The van der Waals surface area contributed by atoms with E-state index >= 15 is 0 Å². The van der Waals surface area contributed by atoms with Crippen LogP contribution in [0.2, 0.25) is 0 Å². The summed E-state index contributed by atoms with van der Waals surface area (Å²) >= 11 is 0. The Balaban J connectivity index is 1.24. The summed E-state index contributed by atoms with van der Waals surface area (Å²) in [6, 6.07) is 13.5. The van der Waals surface area contributed by atoms with Crippen LogP contribution in [0.25, 0.3) is 11.0 Å². The summed E-state index contributed by atoms with van der Waals surface area (Å²) in [5.74, 6) is 0.266. The topological polar surface area (TPSA) is 148 Å². The Morgan fingerprint density at radius 2 is 2.00 bits per heavy atom. The third kappa shape index (κ3) is 4.78. The van der Waals surface area contributed by atoms with Gasteiger partial charge in [0.1, 0.15) is 11.7 Å². The number of nitrogens with two attached hydrogens (primary N) is 1. The SMILES string of the molecule is N=C(N)c1ccc(NCCc2nc3ccc(C4(C(=O)N5CCCC5CCC(=O)O)CC4)cc3[nH]2)cc1. The van der Waals surface area contributed by atoms with E-state index in [4.69, 9.17) is 21.2 Å². The Morgan fingerprint density at radius 1 is 1.22 bits per heavy atom. The van der Waals surface area contributed by atoms with Gasteiger partial charge >= 0.3 is 5.97 Å². The van der Waals surface area contributed by atoms with E-state index in [-0.39, 0.29) is 24.2 Å². The van der Waals surface area contributed by atoms with Crippen molar-refractivity contribution in [3.8, 4) is 0 Å². The third-order valence-corrected chi connectivity index (χ3v) is 7.46. The second-order valence-corrected chi connectivity index (χ2v) is 9.89. The number of amidine groups is 1. The zero-order valence-corrected chi connectivity index (χ0v) is 20.2. The van der Waals surface area contributed by atoms with Gasteiger partial charge in [0.05, 0.1) is 16.4 Å². The van der Waals surface area contributed by atoms with Crippen molar-refractivity contribution < 1.29 is 14.7 Å². The van der Waals surface area contributed by atoms with Gasteiger partial charge in [-0.25, -0.2) is 4.98 Å². The maximum Gasteiger partial charge on any atom is 0.303 e. The van der Waals surface area contributed by atoms with Crippen LogP contribution in [-0.4, -0.2) is 56.8 Å². The number of likely N-dealkylation sites (tertiary alicyclic amines) is 1. The number of aromatic amines is 1. The molecule has 1 atom stereocenters. The van der Waals surface area contributed by atoms with Gasteiger partial charge < -0.3 is 26.0 Å². The number of imidazole rings is 1. The molecule has 6 N–H and O–H groups in total. The van der Waals surface area contributed by atoms with Crippen LogP contribution in [0.3, 0.4) is 0 Å².